The molecular formula is C17H20ClN3O3. The second-order valence-electron chi connectivity index (χ2n) is 6.13. The molecule has 3 rings (SSSR count). The van der Waals surface area contributed by atoms with Crippen molar-refractivity contribution in [3.8, 4) is 5.75 Å². The van der Waals surface area contributed by atoms with Crippen LogP contribution in [0.5, 0.6) is 5.75 Å². The second-order valence-corrected chi connectivity index (χ2v) is 6.51. The first-order valence-electron chi connectivity index (χ1n) is 7.97. The van der Waals surface area contributed by atoms with Crippen LogP contribution in [0.15, 0.2) is 30.5 Å². The standard InChI is InChI=1S/C17H20ClN3O3/c18-17-13(3-1-5-15(17)22)10-20-8-2-4-12(9-20)14-6-7-19-21(14)11-16(23)24/h1,3,5-7,12,22H,2,4,8-11H2,(H,23,24)/t12-/m1/s1. The van der Waals surface area contributed by atoms with Gasteiger partial charge in [0.15, 0.2) is 0 Å². The summed E-state index contributed by atoms with van der Waals surface area (Å²) in [4.78, 5) is 13.3. The van der Waals surface area contributed by atoms with Crippen LogP contribution in [-0.4, -0.2) is 44.0 Å². The molecule has 1 aliphatic heterocycles. The summed E-state index contributed by atoms with van der Waals surface area (Å²) < 4.78 is 1.57. The molecule has 1 fully saturated rings. The maximum atomic E-state index is 11.0. The number of piperidine rings is 1. The van der Waals surface area contributed by atoms with E-state index in [0.717, 1.165) is 37.2 Å². The van der Waals surface area contributed by atoms with Crippen molar-refractivity contribution in [2.75, 3.05) is 13.1 Å². The van der Waals surface area contributed by atoms with Crippen LogP contribution in [0.4, 0.5) is 0 Å². The average molecular weight is 350 g/mol. The van der Waals surface area contributed by atoms with Crippen LogP contribution in [-0.2, 0) is 17.9 Å². The Morgan fingerprint density at radius 2 is 2.21 bits per heavy atom. The monoisotopic (exact) mass is 349 g/mol. The van der Waals surface area contributed by atoms with E-state index in [1.807, 2.05) is 12.1 Å². The Morgan fingerprint density at radius 1 is 1.38 bits per heavy atom. The quantitative estimate of drug-likeness (QED) is 0.867. The van der Waals surface area contributed by atoms with E-state index in [9.17, 15) is 9.90 Å². The number of phenols is 1. The van der Waals surface area contributed by atoms with Gasteiger partial charge in [-0.25, -0.2) is 0 Å². The first-order chi connectivity index (χ1) is 11.5. The molecule has 1 atom stereocenters. The fourth-order valence-electron chi connectivity index (χ4n) is 3.32. The number of aromatic hydroxyl groups is 1. The molecule has 0 bridgehead atoms. The molecule has 7 heteroatoms. The van der Waals surface area contributed by atoms with Crippen molar-refractivity contribution in [3.05, 3.63) is 46.7 Å². The second kappa shape index (κ2) is 7.23. The number of rotatable bonds is 5. The Bertz CT molecular complexity index is 732. The molecule has 1 aromatic carbocycles. The van der Waals surface area contributed by atoms with Crippen molar-refractivity contribution in [1.29, 1.82) is 0 Å². The Labute approximate surface area is 145 Å². The number of aliphatic carboxylic acids is 1. The van der Waals surface area contributed by atoms with Gasteiger partial charge in [-0.1, -0.05) is 23.7 Å². The summed E-state index contributed by atoms with van der Waals surface area (Å²) in [6, 6.07) is 7.19. The predicted octanol–water partition coefficient (Wildman–Crippen LogP) is 2.71. The highest BCUT2D eigenvalue weighted by Gasteiger charge is 2.25. The molecule has 0 radical (unpaired) electrons. The number of nitrogens with zero attached hydrogens (tertiary/aromatic N) is 3. The van der Waals surface area contributed by atoms with Gasteiger partial charge in [0.2, 0.25) is 0 Å². The Morgan fingerprint density at radius 3 is 3.00 bits per heavy atom. The van der Waals surface area contributed by atoms with E-state index in [4.69, 9.17) is 16.7 Å². The number of hydrogen-bond acceptors (Lipinski definition) is 4. The Kier molecular flexibility index (Phi) is 5.06. The van der Waals surface area contributed by atoms with E-state index >= 15 is 0 Å². The van der Waals surface area contributed by atoms with Crippen LogP contribution < -0.4 is 0 Å². The number of carboxylic acids is 1. The summed E-state index contributed by atoms with van der Waals surface area (Å²) in [5.74, 6) is -0.543. The zero-order valence-electron chi connectivity index (χ0n) is 13.2. The molecule has 6 nitrogen and oxygen atoms in total. The Balaban J connectivity index is 1.72. The third-order valence-corrected chi connectivity index (χ3v) is 4.85. The lowest BCUT2D eigenvalue weighted by Crippen LogP contribution is -2.35. The predicted molar refractivity (Wildman–Crippen MR) is 90.2 cm³/mol. The highest BCUT2D eigenvalue weighted by Crippen LogP contribution is 2.31. The Hall–Kier alpha value is -2.05. The number of halogens is 1. The fourth-order valence-corrected chi connectivity index (χ4v) is 3.51. The SMILES string of the molecule is O=C(O)Cn1nccc1[C@@H]1CCCN(Cc2cccc(O)c2Cl)C1. The highest BCUT2D eigenvalue weighted by molar-refractivity contribution is 6.32. The van der Waals surface area contributed by atoms with E-state index in [1.165, 1.54) is 0 Å². The molecule has 0 aliphatic carbocycles. The number of phenolic OH excluding ortho intramolecular Hbond substituents is 1. The van der Waals surface area contributed by atoms with Gasteiger partial charge in [0.05, 0.1) is 5.02 Å². The third-order valence-electron chi connectivity index (χ3n) is 4.41. The van der Waals surface area contributed by atoms with E-state index < -0.39 is 5.97 Å². The third kappa shape index (κ3) is 3.71. The first-order valence-corrected chi connectivity index (χ1v) is 8.34. The van der Waals surface area contributed by atoms with E-state index in [-0.39, 0.29) is 18.2 Å². The van der Waals surface area contributed by atoms with Crippen LogP contribution in [0.2, 0.25) is 5.02 Å². The number of hydrogen-bond donors (Lipinski definition) is 2. The van der Waals surface area contributed by atoms with Gasteiger partial charge in [0.25, 0.3) is 0 Å². The molecular weight excluding hydrogens is 330 g/mol. The molecule has 2 N–H and O–H groups in total. The van der Waals surface area contributed by atoms with Crippen molar-refractivity contribution in [2.45, 2.75) is 31.8 Å². The molecule has 0 spiro atoms. The molecule has 2 heterocycles. The highest BCUT2D eigenvalue weighted by atomic mass is 35.5. The number of likely N-dealkylation sites (tertiary alicyclic amines) is 1. The zero-order valence-corrected chi connectivity index (χ0v) is 14.0. The van der Waals surface area contributed by atoms with E-state index in [2.05, 4.69) is 10.00 Å². The molecule has 24 heavy (non-hydrogen) atoms. The maximum absolute atomic E-state index is 11.0. The summed E-state index contributed by atoms with van der Waals surface area (Å²) in [5.41, 5.74) is 1.86. The summed E-state index contributed by atoms with van der Waals surface area (Å²) >= 11 is 6.17. The van der Waals surface area contributed by atoms with Gasteiger partial charge >= 0.3 is 5.97 Å². The number of carboxylic acid groups (broad SMARTS) is 1. The van der Waals surface area contributed by atoms with E-state index in [0.29, 0.717) is 11.6 Å². The van der Waals surface area contributed by atoms with Crippen molar-refractivity contribution >= 4 is 17.6 Å². The molecule has 0 saturated carbocycles. The van der Waals surface area contributed by atoms with Crippen LogP contribution in [0.1, 0.15) is 30.0 Å². The fraction of sp³-hybridized carbons (Fsp3) is 0.412. The van der Waals surface area contributed by atoms with Crippen LogP contribution in [0.25, 0.3) is 0 Å². The summed E-state index contributed by atoms with van der Waals surface area (Å²) in [6.45, 7) is 2.32. The topological polar surface area (TPSA) is 78.6 Å². The van der Waals surface area contributed by atoms with Gasteiger partial charge in [0.1, 0.15) is 12.3 Å². The summed E-state index contributed by atoms with van der Waals surface area (Å²) in [5, 5.41) is 23.3. The minimum Gasteiger partial charge on any atom is -0.506 e. The smallest absolute Gasteiger partial charge is 0.325 e. The van der Waals surface area contributed by atoms with Crippen LogP contribution >= 0.6 is 11.6 Å². The molecule has 1 aromatic heterocycles. The number of benzene rings is 1. The molecule has 2 aromatic rings. The molecule has 0 unspecified atom stereocenters. The van der Waals surface area contributed by atoms with Crippen LogP contribution in [0.3, 0.4) is 0 Å². The molecule has 1 saturated heterocycles. The largest absolute Gasteiger partial charge is 0.506 e. The molecule has 0 amide bonds. The molecule has 1 aliphatic rings. The van der Waals surface area contributed by atoms with Gasteiger partial charge in [-0.05, 0) is 37.1 Å². The summed E-state index contributed by atoms with van der Waals surface area (Å²) in [7, 11) is 0. The lowest BCUT2D eigenvalue weighted by molar-refractivity contribution is -0.137. The van der Waals surface area contributed by atoms with Crippen molar-refractivity contribution < 1.29 is 15.0 Å². The van der Waals surface area contributed by atoms with Gasteiger partial charge in [-0.3, -0.25) is 14.4 Å². The van der Waals surface area contributed by atoms with Crippen LogP contribution in [0, 0.1) is 0 Å². The molecule has 128 valence electrons. The van der Waals surface area contributed by atoms with E-state index in [1.54, 1.807) is 23.0 Å². The normalized spacial score (nSPS) is 18.6. The number of aromatic nitrogens is 2. The minimum absolute atomic E-state index is 0.0993. The summed E-state index contributed by atoms with van der Waals surface area (Å²) in [6.07, 6.45) is 3.69. The van der Waals surface area contributed by atoms with Gasteiger partial charge < -0.3 is 10.2 Å². The zero-order chi connectivity index (χ0) is 17.1. The van der Waals surface area contributed by atoms with Gasteiger partial charge in [0, 0.05) is 30.9 Å². The first kappa shape index (κ1) is 16.8. The minimum atomic E-state index is -0.890. The van der Waals surface area contributed by atoms with Crippen molar-refractivity contribution in [3.63, 3.8) is 0 Å². The lowest BCUT2D eigenvalue weighted by atomic mass is 9.94. The van der Waals surface area contributed by atoms with Crippen molar-refractivity contribution in [2.24, 2.45) is 0 Å². The number of carbonyl (C=O) groups is 1. The lowest BCUT2D eigenvalue weighted by Gasteiger charge is -2.33. The van der Waals surface area contributed by atoms with Gasteiger partial charge in [-0.2, -0.15) is 5.10 Å². The van der Waals surface area contributed by atoms with Crippen molar-refractivity contribution in [1.82, 2.24) is 14.7 Å². The van der Waals surface area contributed by atoms with Gasteiger partial charge in [-0.15, -0.1) is 0 Å². The maximum Gasteiger partial charge on any atom is 0.325 e. The average Bonchev–Trinajstić information content (AvgIpc) is 2.99.